The molecule has 0 heterocycles. The van der Waals surface area contributed by atoms with Gasteiger partial charge in [-0.3, -0.25) is 14.4 Å². The lowest BCUT2D eigenvalue weighted by atomic mass is 10.1. The van der Waals surface area contributed by atoms with Gasteiger partial charge >= 0.3 is 18.0 Å². The van der Waals surface area contributed by atoms with Crippen LogP contribution in [0.3, 0.4) is 0 Å². The van der Waals surface area contributed by atoms with E-state index in [1.807, 2.05) is 6.92 Å². The first-order chi connectivity index (χ1) is 17.1. The number of amides is 3. The number of para-hydroxylation sites is 2. The third-order valence-corrected chi connectivity index (χ3v) is 4.67. The summed E-state index contributed by atoms with van der Waals surface area (Å²) in [6.07, 6.45) is -3.43. The SMILES string of the molecule is Cc1ccc(NC(=O)C(=O)N/N=C\c2ccccc2OCC(=O)Nc2ccccc2C(F)(F)F)cc1. The number of hydrogen-bond donors (Lipinski definition) is 3. The number of carbonyl (C=O) groups excluding carboxylic acids is 3. The number of anilines is 2. The smallest absolute Gasteiger partial charge is 0.418 e. The second kappa shape index (κ2) is 11.6. The van der Waals surface area contributed by atoms with E-state index in [9.17, 15) is 27.6 Å². The zero-order valence-electron chi connectivity index (χ0n) is 18.9. The van der Waals surface area contributed by atoms with Crippen LogP contribution in [0.25, 0.3) is 0 Å². The van der Waals surface area contributed by atoms with Crippen molar-refractivity contribution in [3.63, 3.8) is 0 Å². The quantitative estimate of drug-likeness (QED) is 0.259. The van der Waals surface area contributed by atoms with Crippen molar-refractivity contribution in [2.45, 2.75) is 13.1 Å². The zero-order chi connectivity index (χ0) is 26.1. The lowest BCUT2D eigenvalue weighted by Gasteiger charge is -2.14. The highest BCUT2D eigenvalue weighted by Crippen LogP contribution is 2.34. The Labute approximate surface area is 204 Å². The Bertz CT molecular complexity index is 1270. The van der Waals surface area contributed by atoms with Gasteiger partial charge in [0, 0.05) is 11.3 Å². The number of benzene rings is 3. The average Bonchev–Trinajstić information content (AvgIpc) is 2.84. The standard InChI is InChI=1S/C25H21F3N4O4/c1-16-10-12-18(13-11-16)30-23(34)24(35)32-29-14-17-6-2-5-9-21(17)36-15-22(33)31-20-8-4-3-7-19(20)25(26,27)28/h2-14H,15H2,1H3,(H,30,34)(H,31,33)(H,32,35)/b29-14-. The van der Waals surface area contributed by atoms with Crippen molar-refractivity contribution in [1.29, 1.82) is 0 Å². The molecule has 0 spiro atoms. The molecule has 11 heteroatoms. The molecule has 186 valence electrons. The Balaban J connectivity index is 1.56. The van der Waals surface area contributed by atoms with E-state index < -0.39 is 36.1 Å². The molecule has 0 atom stereocenters. The summed E-state index contributed by atoms with van der Waals surface area (Å²) in [6.45, 7) is 1.30. The van der Waals surface area contributed by atoms with Gasteiger partial charge in [-0.15, -0.1) is 0 Å². The van der Waals surface area contributed by atoms with Gasteiger partial charge in [-0.05, 0) is 43.3 Å². The Morgan fingerprint density at radius 2 is 1.56 bits per heavy atom. The Kier molecular flexibility index (Phi) is 8.39. The Morgan fingerprint density at radius 3 is 2.28 bits per heavy atom. The van der Waals surface area contributed by atoms with Gasteiger partial charge in [0.05, 0.1) is 17.5 Å². The number of nitrogens with zero attached hydrogens (tertiary/aromatic N) is 1. The summed E-state index contributed by atoms with van der Waals surface area (Å²) in [6, 6.07) is 17.7. The van der Waals surface area contributed by atoms with Crippen LogP contribution in [0, 0.1) is 6.92 Å². The molecule has 0 aliphatic heterocycles. The zero-order valence-corrected chi connectivity index (χ0v) is 18.9. The highest BCUT2D eigenvalue weighted by atomic mass is 19.4. The largest absolute Gasteiger partial charge is 0.483 e. The van der Waals surface area contributed by atoms with E-state index in [4.69, 9.17) is 4.74 Å². The lowest BCUT2D eigenvalue weighted by molar-refractivity contribution is -0.137. The van der Waals surface area contributed by atoms with Gasteiger partial charge in [0.15, 0.2) is 6.61 Å². The highest BCUT2D eigenvalue weighted by molar-refractivity contribution is 6.39. The molecule has 8 nitrogen and oxygen atoms in total. The van der Waals surface area contributed by atoms with Gasteiger partial charge in [-0.1, -0.05) is 42.0 Å². The number of rotatable bonds is 7. The van der Waals surface area contributed by atoms with Crippen molar-refractivity contribution < 1.29 is 32.3 Å². The minimum Gasteiger partial charge on any atom is -0.483 e. The lowest BCUT2D eigenvalue weighted by Crippen LogP contribution is -2.32. The first-order valence-corrected chi connectivity index (χ1v) is 10.5. The minimum atomic E-state index is -4.63. The molecule has 3 amide bonds. The maximum absolute atomic E-state index is 13.1. The number of aryl methyl sites for hydroxylation is 1. The maximum Gasteiger partial charge on any atom is 0.418 e. The van der Waals surface area contributed by atoms with Crippen LogP contribution >= 0.6 is 0 Å². The highest BCUT2D eigenvalue weighted by Gasteiger charge is 2.33. The van der Waals surface area contributed by atoms with Crippen molar-refractivity contribution >= 4 is 35.3 Å². The van der Waals surface area contributed by atoms with E-state index in [0.717, 1.165) is 17.7 Å². The van der Waals surface area contributed by atoms with E-state index in [2.05, 4.69) is 21.2 Å². The number of halogens is 3. The number of hydrazone groups is 1. The van der Waals surface area contributed by atoms with Crippen molar-refractivity contribution in [3.8, 4) is 5.75 Å². The summed E-state index contributed by atoms with van der Waals surface area (Å²) >= 11 is 0. The van der Waals surface area contributed by atoms with Crippen LogP contribution in [0.1, 0.15) is 16.7 Å². The predicted octanol–water partition coefficient (Wildman–Crippen LogP) is 4.12. The summed E-state index contributed by atoms with van der Waals surface area (Å²) in [5.41, 5.74) is 2.50. The van der Waals surface area contributed by atoms with Crippen LogP contribution in [0.2, 0.25) is 0 Å². The monoisotopic (exact) mass is 498 g/mol. The summed E-state index contributed by atoms with van der Waals surface area (Å²) in [4.78, 5) is 36.1. The molecule has 0 fully saturated rings. The van der Waals surface area contributed by atoms with Crippen molar-refractivity contribution in [1.82, 2.24) is 5.43 Å². The summed E-state index contributed by atoms with van der Waals surface area (Å²) in [7, 11) is 0. The van der Waals surface area contributed by atoms with E-state index in [1.54, 1.807) is 42.5 Å². The van der Waals surface area contributed by atoms with Gasteiger partial charge < -0.3 is 15.4 Å². The molecule has 0 radical (unpaired) electrons. The van der Waals surface area contributed by atoms with E-state index in [1.165, 1.54) is 24.4 Å². The fourth-order valence-electron chi connectivity index (χ4n) is 2.92. The molecule has 0 unspecified atom stereocenters. The van der Waals surface area contributed by atoms with Crippen molar-refractivity contribution in [2.75, 3.05) is 17.2 Å². The average molecular weight is 498 g/mol. The van der Waals surface area contributed by atoms with Crippen LogP contribution in [-0.4, -0.2) is 30.5 Å². The maximum atomic E-state index is 13.1. The van der Waals surface area contributed by atoms with Gasteiger partial charge in [0.2, 0.25) is 0 Å². The normalized spacial score (nSPS) is 11.1. The molecule has 0 aromatic heterocycles. The molecule has 3 N–H and O–H groups in total. The number of hydrogen-bond acceptors (Lipinski definition) is 5. The molecule has 3 rings (SSSR count). The third kappa shape index (κ3) is 7.42. The number of alkyl halides is 3. The van der Waals surface area contributed by atoms with Crippen LogP contribution < -0.4 is 20.8 Å². The summed E-state index contributed by atoms with van der Waals surface area (Å²) in [5.74, 6) is -2.55. The fraction of sp³-hybridized carbons (Fsp3) is 0.120. The van der Waals surface area contributed by atoms with E-state index in [-0.39, 0.29) is 11.4 Å². The van der Waals surface area contributed by atoms with Gasteiger partial charge in [0.1, 0.15) is 5.75 Å². The second-order valence-corrected chi connectivity index (χ2v) is 7.44. The second-order valence-electron chi connectivity index (χ2n) is 7.44. The molecule has 3 aromatic rings. The molecule has 0 bridgehead atoms. The molecular weight excluding hydrogens is 477 g/mol. The van der Waals surface area contributed by atoms with Crippen LogP contribution in [0.15, 0.2) is 77.9 Å². The number of nitrogens with one attached hydrogen (secondary N) is 3. The molecular formula is C25H21F3N4O4. The van der Waals surface area contributed by atoms with Gasteiger partial charge in [-0.2, -0.15) is 18.3 Å². The minimum absolute atomic E-state index is 0.180. The summed E-state index contributed by atoms with van der Waals surface area (Å²) in [5, 5.41) is 8.33. The van der Waals surface area contributed by atoms with E-state index in [0.29, 0.717) is 11.3 Å². The number of ether oxygens (including phenoxy) is 1. The van der Waals surface area contributed by atoms with E-state index >= 15 is 0 Å². The first-order valence-electron chi connectivity index (χ1n) is 10.5. The Hall–Kier alpha value is -4.67. The molecule has 36 heavy (non-hydrogen) atoms. The molecule has 0 saturated heterocycles. The van der Waals surface area contributed by atoms with Gasteiger partial charge in [-0.25, -0.2) is 5.43 Å². The van der Waals surface area contributed by atoms with Gasteiger partial charge in [0.25, 0.3) is 5.91 Å². The first kappa shape index (κ1) is 25.9. The topological polar surface area (TPSA) is 109 Å². The predicted molar refractivity (Wildman–Crippen MR) is 128 cm³/mol. The molecule has 0 saturated carbocycles. The van der Waals surface area contributed by atoms with Crippen molar-refractivity contribution in [3.05, 3.63) is 89.5 Å². The fourth-order valence-corrected chi connectivity index (χ4v) is 2.92. The Morgan fingerprint density at radius 1 is 0.889 bits per heavy atom. The third-order valence-electron chi connectivity index (χ3n) is 4.67. The van der Waals surface area contributed by atoms with Crippen LogP contribution in [0.4, 0.5) is 24.5 Å². The molecule has 3 aromatic carbocycles. The molecule has 0 aliphatic carbocycles. The molecule has 0 aliphatic rings. The number of carbonyl (C=O) groups is 3. The van der Waals surface area contributed by atoms with Crippen LogP contribution in [-0.2, 0) is 20.6 Å². The van der Waals surface area contributed by atoms with Crippen LogP contribution in [0.5, 0.6) is 5.75 Å². The van der Waals surface area contributed by atoms with Crippen molar-refractivity contribution in [2.24, 2.45) is 5.10 Å². The summed E-state index contributed by atoms with van der Waals surface area (Å²) < 4.78 is 44.7.